The third kappa shape index (κ3) is 9.65. The highest BCUT2D eigenvalue weighted by Crippen LogP contribution is 2.05. The highest BCUT2D eigenvalue weighted by Gasteiger charge is 2.14. The summed E-state index contributed by atoms with van der Waals surface area (Å²) in [5, 5.41) is 2.78. The maximum absolute atomic E-state index is 11.7. The summed E-state index contributed by atoms with van der Waals surface area (Å²) < 4.78 is 9.53. The molecule has 0 aliphatic heterocycles. The minimum Gasteiger partial charge on any atom is -0.466 e. The Bertz CT molecular complexity index is 378. The largest absolute Gasteiger partial charge is 0.466 e. The minimum absolute atomic E-state index is 0.0269. The van der Waals surface area contributed by atoms with Crippen molar-refractivity contribution in [2.24, 2.45) is 5.92 Å². The summed E-state index contributed by atoms with van der Waals surface area (Å²) in [7, 11) is 0. The normalized spacial score (nSPS) is 13.5. The molecular formula is C15H25NO5. The number of hydrogen-bond acceptors (Lipinski definition) is 5. The van der Waals surface area contributed by atoms with Gasteiger partial charge in [-0.05, 0) is 26.7 Å². The molecule has 6 heteroatoms. The van der Waals surface area contributed by atoms with Gasteiger partial charge in [-0.2, -0.15) is 0 Å². The molecular weight excluding hydrogens is 274 g/mol. The zero-order chi connectivity index (χ0) is 16.3. The van der Waals surface area contributed by atoms with Gasteiger partial charge in [0.15, 0.2) is 0 Å². The van der Waals surface area contributed by atoms with Crippen LogP contribution >= 0.6 is 0 Å². The van der Waals surface area contributed by atoms with E-state index >= 15 is 0 Å². The molecule has 0 fully saturated rings. The van der Waals surface area contributed by atoms with Gasteiger partial charge in [-0.25, -0.2) is 4.79 Å². The minimum atomic E-state index is -0.398. The Morgan fingerprint density at radius 1 is 1.05 bits per heavy atom. The van der Waals surface area contributed by atoms with Gasteiger partial charge in [0.25, 0.3) is 0 Å². The molecule has 0 saturated carbocycles. The van der Waals surface area contributed by atoms with E-state index in [1.807, 2.05) is 13.8 Å². The summed E-state index contributed by atoms with van der Waals surface area (Å²) in [6.07, 6.45) is 3.21. The van der Waals surface area contributed by atoms with Gasteiger partial charge in [0.1, 0.15) is 0 Å². The number of nitrogens with one attached hydrogen (secondary N) is 1. The molecule has 0 unspecified atom stereocenters. The van der Waals surface area contributed by atoms with Crippen LogP contribution in [0.5, 0.6) is 0 Å². The van der Waals surface area contributed by atoms with Crippen LogP contribution in [0.25, 0.3) is 0 Å². The Morgan fingerprint density at radius 3 is 2.24 bits per heavy atom. The van der Waals surface area contributed by atoms with Crippen molar-refractivity contribution in [3.05, 3.63) is 12.2 Å². The molecule has 0 aliphatic rings. The third-order valence-corrected chi connectivity index (χ3v) is 2.86. The monoisotopic (exact) mass is 299 g/mol. The van der Waals surface area contributed by atoms with E-state index in [4.69, 9.17) is 9.47 Å². The van der Waals surface area contributed by atoms with E-state index in [0.717, 1.165) is 0 Å². The van der Waals surface area contributed by atoms with Gasteiger partial charge in [-0.15, -0.1) is 0 Å². The van der Waals surface area contributed by atoms with E-state index in [9.17, 15) is 14.4 Å². The summed E-state index contributed by atoms with van der Waals surface area (Å²) in [5.74, 6) is -1.02. The Balaban J connectivity index is 4.10. The Kier molecular flexibility index (Phi) is 9.92. The van der Waals surface area contributed by atoms with Crippen LogP contribution in [0.1, 0.15) is 40.5 Å². The summed E-state index contributed by atoms with van der Waals surface area (Å²) in [4.78, 5) is 34.0. The molecule has 1 N–H and O–H groups in total. The van der Waals surface area contributed by atoms with Crippen molar-refractivity contribution in [3.63, 3.8) is 0 Å². The van der Waals surface area contributed by atoms with Gasteiger partial charge in [0, 0.05) is 18.5 Å². The predicted octanol–water partition coefficient (Wildman–Crippen LogP) is 1.59. The Labute approximate surface area is 125 Å². The zero-order valence-electron chi connectivity index (χ0n) is 13.2. The van der Waals surface area contributed by atoms with E-state index in [-0.39, 0.29) is 36.7 Å². The van der Waals surface area contributed by atoms with E-state index in [2.05, 4.69) is 5.32 Å². The van der Waals surface area contributed by atoms with Crippen molar-refractivity contribution >= 4 is 17.8 Å². The van der Waals surface area contributed by atoms with Crippen LogP contribution in [-0.2, 0) is 23.9 Å². The van der Waals surface area contributed by atoms with Gasteiger partial charge in [-0.3, -0.25) is 9.59 Å². The molecule has 0 bridgehead atoms. The first-order chi connectivity index (χ1) is 9.90. The lowest BCUT2D eigenvalue weighted by Crippen LogP contribution is -2.36. The van der Waals surface area contributed by atoms with Crippen LogP contribution in [-0.4, -0.2) is 37.1 Å². The Hall–Kier alpha value is -1.85. The van der Waals surface area contributed by atoms with Gasteiger partial charge in [-0.1, -0.05) is 13.0 Å². The lowest BCUT2D eigenvalue weighted by Gasteiger charge is -2.18. The molecule has 21 heavy (non-hydrogen) atoms. The number of amides is 1. The number of esters is 2. The molecule has 1 amide bonds. The highest BCUT2D eigenvalue weighted by molar-refractivity contribution is 5.82. The van der Waals surface area contributed by atoms with Gasteiger partial charge in [0.2, 0.25) is 5.91 Å². The summed E-state index contributed by atoms with van der Waals surface area (Å²) in [6, 6.07) is -0.148. The number of rotatable bonds is 9. The van der Waals surface area contributed by atoms with Crippen LogP contribution in [0.4, 0.5) is 0 Å². The molecule has 0 radical (unpaired) electrons. The standard InChI is InChI=1S/C15H25NO5/c1-5-20-14(18)9-7-11(3)12(4)16-13(17)8-10-15(19)21-6-2/h7,9,11-12H,5-6,8,10H2,1-4H3,(H,16,17)/b9-7+/t11-,12+/m0/s1. The fourth-order valence-electron chi connectivity index (χ4n) is 1.49. The average Bonchev–Trinajstić information content (AvgIpc) is 2.43. The molecule has 2 atom stereocenters. The smallest absolute Gasteiger partial charge is 0.330 e. The van der Waals surface area contributed by atoms with Crippen molar-refractivity contribution in [1.82, 2.24) is 5.32 Å². The van der Waals surface area contributed by atoms with Gasteiger partial charge < -0.3 is 14.8 Å². The van der Waals surface area contributed by atoms with Crippen molar-refractivity contribution in [2.45, 2.75) is 46.6 Å². The van der Waals surface area contributed by atoms with Crippen molar-refractivity contribution in [1.29, 1.82) is 0 Å². The predicted molar refractivity (Wildman–Crippen MR) is 78.4 cm³/mol. The summed E-state index contributed by atoms with van der Waals surface area (Å²) in [6.45, 7) is 7.82. The SMILES string of the molecule is CCOC(=O)/C=C/[C@H](C)[C@@H](C)NC(=O)CCC(=O)OCC. The molecule has 0 heterocycles. The molecule has 0 aromatic rings. The summed E-state index contributed by atoms with van der Waals surface area (Å²) >= 11 is 0. The highest BCUT2D eigenvalue weighted by atomic mass is 16.5. The van der Waals surface area contributed by atoms with Crippen LogP contribution in [0.3, 0.4) is 0 Å². The maximum Gasteiger partial charge on any atom is 0.330 e. The molecule has 0 aliphatic carbocycles. The zero-order valence-corrected chi connectivity index (χ0v) is 13.2. The van der Waals surface area contributed by atoms with Crippen LogP contribution in [0, 0.1) is 5.92 Å². The molecule has 0 aromatic heterocycles. The fourth-order valence-corrected chi connectivity index (χ4v) is 1.49. The molecule has 120 valence electrons. The quantitative estimate of drug-likeness (QED) is 0.516. The number of carbonyl (C=O) groups is 3. The number of carbonyl (C=O) groups excluding carboxylic acids is 3. The lowest BCUT2D eigenvalue weighted by atomic mass is 10.0. The van der Waals surface area contributed by atoms with Gasteiger partial charge in [0.05, 0.1) is 19.6 Å². The van der Waals surface area contributed by atoms with E-state index < -0.39 is 5.97 Å². The van der Waals surface area contributed by atoms with Crippen molar-refractivity contribution in [2.75, 3.05) is 13.2 Å². The van der Waals surface area contributed by atoms with Crippen LogP contribution in [0.2, 0.25) is 0 Å². The van der Waals surface area contributed by atoms with E-state index in [1.165, 1.54) is 6.08 Å². The first-order valence-electron chi connectivity index (χ1n) is 7.20. The van der Waals surface area contributed by atoms with E-state index in [0.29, 0.717) is 13.2 Å². The van der Waals surface area contributed by atoms with Crippen molar-refractivity contribution < 1.29 is 23.9 Å². The number of hydrogen-bond donors (Lipinski definition) is 1. The third-order valence-electron chi connectivity index (χ3n) is 2.86. The second-order valence-corrected chi connectivity index (χ2v) is 4.63. The van der Waals surface area contributed by atoms with Crippen molar-refractivity contribution in [3.8, 4) is 0 Å². The molecule has 0 aromatic carbocycles. The maximum atomic E-state index is 11.7. The molecule has 0 saturated heterocycles. The van der Waals surface area contributed by atoms with Crippen LogP contribution in [0.15, 0.2) is 12.2 Å². The fraction of sp³-hybridized carbons (Fsp3) is 0.667. The molecule has 6 nitrogen and oxygen atoms in total. The number of ether oxygens (including phenoxy) is 2. The first kappa shape index (κ1) is 19.1. The topological polar surface area (TPSA) is 81.7 Å². The second-order valence-electron chi connectivity index (χ2n) is 4.63. The van der Waals surface area contributed by atoms with Gasteiger partial charge >= 0.3 is 11.9 Å². The van der Waals surface area contributed by atoms with Crippen LogP contribution < -0.4 is 5.32 Å². The molecule has 0 rings (SSSR count). The Morgan fingerprint density at radius 2 is 1.67 bits per heavy atom. The molecule has 0 spiro atoms. The lowest BCUT2D eigenvalue weighted by molar-refractivity contribution is -0.144. The second kappa shape index (κ2) is 10.9. The van der Waals surface area contributed by atoms with E-state index in [1.54, 1.807) is 19.9 Å². The first-order valence-corrected chi connectivity index (χ1v) is 7.20. The summed E-state index contributed by atoms with van der Waals surface area (Å²) in [5.41, 5.74) is 0. The average molecular weight is 299 g/mol.